The van der Waals surface area contributed by atoms with E-state index >= 15 is 0 Å². The molecule has 0 aliphatic carbocycles. The summed E-state index contributed by atoms with van der Waals surface area (Å²) < 4.78 is 70.8. The maximum absolute atomic E-state index is 10.6. The number of hydrogen-bond acceptors (Lipinski definition) is 8. The van der Waals surface area contributed by atoms with Crippen LogP contribution in [0.4, 0.5) is 32.2 Å². The van der Waals surface area contributed by atoms with E-state index < -0.39 is 24.3 Å². The summed E-state index contributed by atoms with van der Waals surface area (Å²) in [6.07, 6.45) is -6.09. The average molecular weight is 587 g/mol. The number of halogens is 6. The second-order valence-corrected chi connectivity index (χ2v) is 10.0. The van der Waals surface area contributed by atoms with Gasteiger partial charge in [0.1, 0.15) is 12.1 Å². The first-order valence-electron chi connectivity index (χ1n) is 12.2. The number of carboxylic acids is 2. The van der Waals surface area contributed by atoms with Crippen molar-refractivity contribution in [2.45, 2.75) is 39.0 Å². The first kappa shape index (κ1) is 33.0. The molecular formula is C23H32F6N6O5. The highest BCUT2D eigenvalue weighted by Crippen LogP contribution is 2.45. The maximum Gasteiger partial charge on any atom is 0.490 e. The summed E-state index contributed by atoms with van der Waals surface area (Å²) in [6.45, 7) is 11.2. The van der Waals surface area contributed by atoms with Gasteiger partial charge in [0, 0.05) is 45.8 Å². The van der Waals surface area contributed by atoms with Crippen molar-refractivity contribution in [1.29, 1.82) is 0 Å². The predicted octanol–water partition coefficient (Wildman–Crippen LogP) is 3.21. The first-order valence-corrected chi connectivity index (χ1v) is 12.2. The van der Waals surface area contributed by atoms with Crippen LogP contribution in [0.3, 0.4) is 0 Å². The molecular weight excluding hydrogens is 554 g/mol. The van der Waals surface area contributed by atoms with Gasteiger partial charge in [-0.25, -0.2) is 9.59 Å². The Kier molecular flexibility index (Phi) is 11.1. The maximum atomic E-state index is 10.6. The summed E-state index contributed by atoms with van der Waals surface area (Å²) in [4.78, 5) is 22.9. The van der Waals surface area contributed by atoms with Crippen LogP contribution in [0.1, 0.15) is 26.7 Å². The number of carboxylic acid groups (broad SMARTS) is 2. The molecule has 2 aromatic heterocycles. The smallest absolute Gasteiger partial charge is 0.475 e. The molecule has 1 spiro atoms. The SMILES string of the molecule is COCC1CN(CC(C)C)CC12CCN(c1ccc3nncn3n1)CC2.O=C(O)C(F)(F)F.O=C(O)C(F)(F)F. The number of aromatic nitrogens is 4. The Morgan fingerprint density at radius 1 is 1.07 bits per heavy atom. The molecule has 2 aromatic rings. The van der Waals surface area contributed by atoms with Gasteiger partial charge in [-0.05, 0) is 36.3 Å². The summed E-state index contributed by atoms with van der Waals surface area (Å²) in [5.74, 6) is -3.14. The number of alkyl halides is 6. The quantitative estimate of drug-likeness (QED) is 0.503. The van der Waals surface area contributed by atoms with E-state index in [1.165, 1.54) is 32.5 Å². The fraction of sp³-hybridized carbons (Fsp3) is 0.696. The van der Waals surface area contributed by atoms with Crippen molar-refractivity contribution < 1.29 is 50.9 Å². The van der Waals surface area contributed by atoms with Crippen molar-refractivity contribution in [3.63, 3.8) is 0 Å². The van der Waals surface area contributed by atoms with E-state index in [1.54, 1.807) is 10.8 Å². The molecule has 0 radical (unpaired) electrons. The minimum Gasteiger partial charge on any atom is -0.475 e. The normalized spacial score (nSPS) is 19.2. The second-order valence-electron chi connectivity index (χ2n) is 10.0. The van der Waals surface area contributed by atoms with Gasteiger partial charge < -0.3 is 24.7 Å². The average Bonchev–Trinajstić information content (AvgIpc) is 3.43. The molecule has 0 aromatic carbocycles. The summed E-state index contributed by atoms with van der Waals surface area (Å²) >= 11 is 0. The molecule has 11 nitrogen and oxygen atoms in total. The van der Waals surface area contributed by atoms with Crippen molar-refractivity contribution in [3.8, 4) is 0 Å². The van der Waals surface area contributed by atoms with Crippen LogP contribution in [0.5, 0.6) is 0 Å². The number of fused-ring (bicyclic) bond motifs is 1. The van der Waals surface area contributed by atoms with Crippen molar-refractivity contribution in [3.05, 3.63) is 18.5 Å². The zero-order chi connectivity index (χ0) is 30.3. The molecule has 4 rings (SSSR count). The van der Waals surface area contributed by atoms with Crippen LogP contribution in [0.2, 0.25) is 0 Å². The predicted molar refractivity (Wildman–Crippen MR) is 129 cm³/mol. The second kappa shape index (κ2) is 13.4. The monoisotopic (exact) mass is 586 g/mol. The van der Waals surface area contributed by atoms with E-state index in [1.807, 2.05) is 13.2 Å². The third-order valence-electron chi connectivity index (χ3n) is 6.59. The molecule has 1 unspecified atom stereocenters. The Labute approximate surface area is 225 Å². The lowest BCUT2D eigenvalue weighted by Gasteiger charge is -2.43. The van der Waals surface area contributed by atoms with E-state index in [4.69, 9.17) is 24.5 Å². The summed E-state index contributed by atoms with van der Waals surface area (Å²) in [6, 6.07) is 4.06. The molecule has 2 saturated heterocycles. The number of likely N-dealkylation sites (tertiary alicyclic amines) is 1. The van der Waals surface area contributed by atoms with E-state index in [2.05, 4.69) is 45.0 Å². The third kappa shape index (κ3) is 9.18. The molecule has 226 valence electrons. The number of ether oxygens (including phenoxy) is 1. The molecule has 1 atom stereocenters. The number of hydrogen-bond donors (Lipinski definition) is 2. The zero-order valence-electron chi connectivity index (χ0n) is 22.1. The molecule has 4 heterocycles. The largest absolute Gasteiger partial charge is 0.490 e. The lowest BCUT2D eigenvalue weighted by molar-refractivity contribution is -0.193. The highest BCUT2D eigenvalue weighted by Gasteiger charge is 2.48. The molecule has 2 fully saturated rings. The number of carbonyl (C=O) groups is 2. The van der Waals surface area contributed by atoms with E-state index in [9.17, 15) is 26.3 Å². The van der Waals surface area contributed by atoms with Gasteiger partial charge in [-0.1, -0.05) is 13.8 Å². The number of nitrogens with zero attached hydrogens (tertiary/aromatic N) is 6. The number of piperidine rings is 1. The molecule has 2 aliphatic heterocycles. The van der Waals surface area contributed by atoms with E-state index in [0.29, 0.717) is 17.3 Å². The molecule has 0 amide bonds. The van der Waals surface area contributed by atoms with Crippen LogP contribution in [0.15, 0.2) is 18.5 Å². The van der Waals surface area contributed by atoms with Crippen LogP contribution in [-0.2, 0) is 14.3 Å². The van der Waals surface area contributed by atoms with Gasteiger partial charge in [0.25, 0.3) is 0 Å². The van der Waals surface area contributed by atoms with Gasteiger partial charge in [0.05, 0.1) is 6.61 Å². The highest BCUT2D eigenvalue weighted by molar-refractivity contribution is 5.73. The van der Waals surface area contributed by atoms with Crippen LogP contribution in [0.25, 0.3) is 5.65 Å². The van der Waals surface area contributed by atoms with Crippen LogP contribution < -0.4 is 4.90 Å². The minimum atomic E-state index is -5.08. The Hall–Kier alpha value is -3.21. The highest BCUT2D eigenvalue weighted by atomic mass is 19.4. The van der Waals surface area contributed by atoms with Crippen molar-refractivity contribution in [2.24, 2.45) is 17.3 Å². The molecule has 0 bridgehead atoms. The summed E-state index contributed by atoms with van der Waals surface area (Å²) in [5, 5.41) is 26.9. The topological polar surface area (TPSA) is 133 Å². The lowest BCUT2D eigenvalue weighted by atomic mass is 9.71. The Bertz CT molecular complexity index is 1090. The third-order valence-corrected chi connectivity index (χ3v) is 6.59. The fourth-order valence-corrected chi connectivity index (χ4v) is 4.87. The Morgan fingerprint density at radius 2 is 1.62 bits per heavy atom. The summed E-state index contributed by atoms with van der Waals surface area (Å²) in [5.41, 5.74) is 1.18. The van der Waals surface area contributed by atoms with Gasteiger partial charge in [0.2, 0.25) is 0 Å². The summed E-state index contributed by atoms with van der Waals surface area (Å²) in [7, 11) is 1.84. The van der Waals surface area contributed by atoms with E-state index in [0.717, 1.165) is 31.2 Å². The number of aliphatic carboxylic acids is 2. The molecule has 2 aliphatic rings. The molecule has 0 saturated carbocycles. The Morgan fingerprint density at radius 3 is 2.10 bits per heavy atom. The van der Waals surface area contributed by atoms with Gasteiger partial charge in [-0.3, -0.25) is 0 Å². The first-order chi connectivity index (χ1) is 18.5. The van der Waals surface area contributed by atoms with Crippen molar-refractivity contribution in [1.82, 2.24) is 24.7 Å². The molecule has 17 heteroatoms. The standard InChI is InChI=1S/C19H30N6O.2C2HF3O2/c1-15(2)10-23-11-16(12-26-3)19(13-23)6-8-24(9-7-19)18-5-4-17-21-20-14-25(17)22-18;2*3-2(4,5)1(6)7/h4-5,14-16H,6-13H2,1-3H3;2*(H,6,7). The lowest BCUT2D eigenvalue weighted by Crippen LogP contribution is -2.45. The number of anilines is 1. The van der Waals surface area contributed by atoms with Gasteiger partial charge in [-0.2, -0.15) is 30.9 Å². The van der Waals surface area contributed by atoms with Crippen molar-refractivity contribution >= 4 is 23.4 Å². The fourth-order valence-electron chi connectivity index (χ4n) is 4.87. The molecule has 2 N–H and O–H groups in total. The minimum absolute atomic E-state index is 0.391. The van der Waals surface area contributed by atoms with Gasteiger partial charge >= 0.3 is 24.3 Å². The van der Waals surface area contributed by atoms with Gasteiger partial charge in [0.15, 0.2) is 5.65 Å². The molecule has 40 heavy (non-hydrogen) atoms. The zero-order valence-corrected chi connectivity index (χ0v) is 22.1. The van der Waals surface area contributed by atoms with Crippen LogP contribution in [-0.4, -0.2) is 106 Å². The van der Waals surface area contributed by atoms with Gasteiger partial charge in [-0.15, -0.1) is 15.3 Å². The van der Waals surface area contributed by atoms with Crippen LogP contribution in [0, 0.1) is 17.3 Å². The number of rotatable bonds is 5. The Balaban J connectivity index is 0.000000333. The van der Waals surface area contributed by atoms with Crippen molar-refractivity contribution in [2.75, 3.05) is 51.3 Å². The van der Waals surface area contributed by atoms with Crippen LogP contribution >= 0.6 is 0 Å². The van der Waals surface area contributed by atoms with E-state index in [-0.39, 0.29) is 0 Å². The number of methoxy groups -OCH3 is 1.